The van der Waals surface area contributed by atoms with Crippen LogP contribution in [0.1, 0.15) is 29.2 Å². The van der Waals surface area contributed by atoms with Crippen LogP contribution < -0.4 is 9.91 Å². The summed E-state index contributed by atoms with van der Waals surface area (Å²) in [6, 6.07) is 19.7. The molecule has 3 aromatic carbocycles. The maximum atomic E-state index is 15.5. The Morgan fingerprint density at radius 3 is 1.88 bits per heavy atom. The van der Waals surface area contributed by atoms with Crippen LogP contribution in [-0.4, -0.2) is 113 Å². The molecule has 0 aliphatic carbocycles. The monoisotopic (exact) mass is 790 g/mol. The van der Waals surface area contributed by atoms with Crippen LogP contribution in [-0.2, 0) is 10.1 Å². The van der Waals surface area contributed by atoms with Crippen molar-refractivity contribution in [2.24, 2.45) is 15.9 Å². The predicted octanol–water partition coefficient (Wildman–Crippen LogP) is 4.26. The molecule has 0 aromatic heterocycles. The fourth-order valence-corrected chi connectivity index (χ4v) is 10.7. The summed E-state index contributed by atoms with van der Waals surface area (Å²) in [6.07, 6.45) is 0.398. The maximum absolute atomic E-state index is 15.5. The smallest absolute Gasteiger partial charge is 0.294 e. The highest BCUT2D eigenvalue weighted by Crippen LogP contribution is 2.39. The number of hydrogen-bond donors (Lipinski definition) is 5. The van der Waals surface area contributed by atoms with Gasteiger partial charge in [0.1, 0.15) is 5.82 Å². The normalized spacial score (nSPS) is 20.2. The Bertz CT molecular complexity index is 1810. The van der Waals surface area contributed by atoms with Gasteiger partial charge in [-0.25, -0.2) is 4.39 Å². The lowest BCUT2D eigenvalue weighted by Gasteiger charge is -2.34. The van der Waals surface area contributed by atoms with Gasteiger partial charge in [0.15, 0.2) is 0 Å². The summed E-state index contributed by atoms with van der Waals surface area (Å²) in [4.78, 5) is 1.69. The third kappa shape index (κ3) is 9.62. The molecule has 2 heterocycles. The Labute approximate surface area is 316 Å². The largest absolute Gasteiger partial charge is 0.396 e. The molecule has 280 valence electrons. The molecule has 0 saturated carbocycles. The molecule has 1 atom stereocenters. The van der Waals surface area contributed by atoms with Crippen LogP contribution in [0.3, 0.4) is 0 Å². The molecular formula is C36H43FN4O7S4. The van der Waals surface area contributed by atoms with E-state index in [2.05, 4.69) is 11.0 Å². The van der Waals surface area contributed by atoms with E-state index >= 15 is 4.39 Å². The van der Waals surface area contributed by atoms with Crippen molar-refractivity contribution in [3.8, 4) is 6.07 Å². The van der Waals surface area contributed by atoms with E-state index in [0.717, 1.165) is 40.5 Å². The van der Waals surface area contributed by atoms with Crippen LogP contribution in [0, 0.1) is 28.0 Å². The van der Waals surface area contributed by atoms with Gasteiger partial charge < -0.3 is 25.3 Å². The van der Waals surface area contributed by atoms with Crippen molar-refractivity contribution < 1.29 is 37.8 Å². The molecule has 52 heavy (non-hydrogen) atoms. The number of hydrogen-bond acceptors (Lipinski definition) is 13. The fraction of sp³-hybridized carbons (Fsp3) is 0.444. The van der Waals surface area contributed by atoms with Gasteiger partial charge in [0.2, 0.25) is 0 Å². The van der Waals surface area contributed by atoms with Crippen LogP contribution in [0.5, 0.6) is 0 Å². The van der Waals surface area contributed by atoms with Crippen molar-refractivity contribution in [1.29, 1.82) is 5.26 Å². The first-order valence-corrected chi connectivity index (χ1v) is 21.6. The molecule has 1 unspecified atom stereocenters. The second kappa shape index (κ2) is 18.0. The summed E-state index contributed by atoms with van der Waals surface area (Å²) in [5.41, 5.74) is 2.36. The van der Waals surface area contributed by atoms with Gasteiger partial charge in [-0.2, -0.15) is 54.1 Å². The average Bonchev–Trinajstić information content (AvgIpc) is 3.60. The van der Waals surface area contributed by atoms with Crippen molar-refractivity contribution in [3.05, 3.63) is 89.2 Å². The van der Waals surface area contributed by atoms with Crippen molar-refractivity contribution >= 4 is 62.5 Å². The summed E-state index contributed by atoms with van der Waals surface area (Å²) >= 11 is 4.87. The Morgan fingerprint density at radius 2 is 1.38 bits per heavy atom. The lowest BCUT2D eigenvalue weighted by atomic mass is 9.95. The minimum absolute atomic E-state index is 0.0380. The highest BCUT2D eigenvalue weighted by Gasteiger charge is 2.35. The van der Waals surface area contributed by atoms with Gasteiger partial charge in [-0.15, -0.1) is 0 Å². The van der Waals surface area contributed by atoms with Gasteiger partial charge in [0.05, 0.1) is 60.4 Å². The number of rotatable bonds is 9. The minimum Gasteiger partial charge on any atom is -0.396 e. The minimum atomic E-state index is -4.61. The number of anilines is 2. The standard InChI is InChI=1S/C36H43FN4O7S4/c37-31-15-30(52(46,47)48)9-10-33(31)41-34(16-32(39-41)27-3-1-26(17-38)2-4-27)28-5-7-29(8-6-28)40-11-13-49-22-35(18-42,19-43)24-51-25-36(20-44,21-45)23-50-14-12-40/h1-10,15,34,42-45H,11-14,16,18-25H2,(H,46,47,48). The number of nitrogens with zero attached hydrogens (tertiary/aromatic N) is 4. The van der Waals surface area contributed by atoms with Gasteiger partial charge in [0.25, 0.3) is 10.1 Å². The van der Waals surface area contributed by atoms with Crippen molar-refractivity contribution in [2.45, 2.75) is 17.4 Å². The van der Waals surface area contributed by atoms with Gasteiger partial charge in [-0.1, -0.05) is 24.3 Å². The zero-order valence-electron chi connectivity index (χ0n) is 28.5. The van der Waals surface area contributed by atoms with E-state index in [0.29, 0.717) is 53.8 Å². The van der Waals surface area contributed by atoms with Crippen molar-refractivity contribution in [2.75, 3.05) is 83.9 Å². The van der Waals surface area contributed by atoms with Gasteiger partial charge in [-0.3, -0.25) is 9.56 Å². The summed E-state index contributed by atoms with van der Waals surface area (Å²) < 4.78 is 48.3. The van der Waals surface area contributed by atoms with Crippen molar-refractivity contribution in [1.82, 2.24) is 0 Å². The average molecular weight is 791 g/mol. The molecule has 0 radical (unpaired) electrons. The quantitative estimate of drug-likeness (QED) is 0.195. The Kier molecular flexibility index (Phi) is 14.0. The summed E-state index contributed by atoms with van der Waals surface area (Å²) in [7, 11) is -4.61. The number of hydrazone groups is 1. The highest BCUT2D eigenvalue weighted by atomic mass is 32.2. The molecule has 11 nitrogen and oxygen atoms in total. The van der Waals surface area contributed by atoms with Crippen LogP contribution in [0.15, 0.2) is 76.7 Å². The molecule has 2 aliphatic heterocycles. The zero-order valence-corrected chi connectivity index (χ0v) is 31.7. The van der Waals surface area contributed by atoms with E-state index in [-0.39, 0.29) is 32.1 Å². The van der Waals surface area contributed by atoms with Gasteiger partial charge in [-0.05, 0) is 53.6 Å². The van der Waals surface area contributed by atoms with Crippen LogP contribution >= 0.6 is 35.3 Å². The molecule has 0 bridgehead atoms. The zero-order chi connectivity index (χ0) is 37.4. The molecular weight excluding hydrogens is 748 g/mol. The summed E-state index contributed by atoms with van der Waals surface area (Å²) in [5, 5.41) is 56.4. The van der Waals surface area contributed by atoms with Crippen LogP contribution in [0.25, 0.3) is 0 Å². The lowest BCUT2D eigenvalue weighted by molar-refractivity contribution is 0.0890. The molecule has 3 aromatic rings. The third-order valence-electron chi connectivity index (χ3n) is 9.35. The lowest BCUT2D eigenvalue weighted by Crippen LogP contribution is -2.40. The molecule has 5 N–H and O–H groups in total. The Balaban J connectivity index is 1.41. The number of aliphatic hydroxyl groups excluding tert-OH is 4. The fourth-order valence-electron chi connectivity index (χ4n) is 5.97. The Hall–Kier alpha value is -2.85. The molecule has 2 aliphatic rings. The first-order valence-electron chi connectivity index (χ1n) is 16.7. The first kappa shape index (κ1) is 40.3. The summed E-state index contributed by atoms with van der Waals surface area (Å²) in [5.74, 6) is 2.78. The molecule has 16 heteroatoms. The molecule has 0 amide bonds. The van der Waals surface area contributed by atoms with E-state index < -0.39 is 37.7 Å². The van der Waals surface area contributed by atoms with E-state index in [9.17, 15) is 38.7 Å². The molecule has 1 saturated heterocycles. The van der Waals surface area contributed by atoms with Gasteiger partial charge in [0, 0.05) is 70.5 Å². The highest BCUT2D eigenvalue weighted by molar-refractivity contribution is 8.00. The third-order valence-corrected chi connectivity index (χ3v) is 14.4. The molecule has 5 rings (SSSR count). The predicted molar refractivity (Wildman–Crippen MR) is 208 cm³/mol. The summed E-state index contributed by atoms with van der Waals surface area (Å²) in [6.45, 7) is 0.720. The number of benzene rings is 3. The maximum Gasteiger partial charge on any atom is 0.294 e. The number of thioether (sulfide) groups is 3. The van der Waals surface area contributed by atoms with E-state index in [1.54, 1.807) is 59.6 Å². The van der Waals surface area contributed by atoms with E-state index in [4.69, 9.17) is 5.10 Å². The number of aliphatic hydroxyl groups is 4. The van der Waals surface area contributed by atoms with Crippen molar-refractivity contribution in [3.63, 3.8) is 0 Å². The van der Waals surface area contributed by atoms with E-state index in [1.165, 1.54) is 11.1 Å². The van der Waals surface area contributed by atoms with E-state index in [1.807, 2.05) is 24.3 Å². The molecule has 1 fully saturated rings. The van der Waals surface area contributed by atoms with Crippen LogP contribution in [0.4, 0.5) is 15.8 Å². The molecule has 0 spiro atoms. The number of halogens is 1. The second-order valence-electron chi connectivity index (χ2n) is 13.2. The second-order valence-corrected chi connectivity index (χ2v) is 17.8. The SMILES string of the molecule is N#Cc1ccc(C2=NN(c3ccc(S(=O)(=O)O)cc3F)C(c3ccc(N4CCSCC(CO)(CO)CSCC(CO)(CO)CSCC4)cc3)C2)cc1. The Morgan fingerprint density at radius 1 is 0.827 bits per heavy atom. The first-order chi connectivity index (χ1) is 25.0. The van der Waals surface area contributed by atoms with Crippen LogP contribution in [0.2, 0.25) is 0 Å². The van der Waals surface area contributed by atoms with Gasteiger partial charge >= 0.3 is 0 Å². The topological polar surface area (TPSA) is 178 Å². The number of nitriles is 1.